The highest BCUT2D eigenvalue weighted by Crippen LogP contribution is 2.41. The first kappa shape index (κ1) is 29.6. The number of benzene rings is 2. The minimum Gasteiger partial charge on any atom is -0.333 e. The second kappa shape index (κ2) is 11.9. The van der Waals surface area contributed by atoms with Crippen molar-refractivity contribution in [1.82, 2.24) is 19.7 Å². The van der Waals surface area contributed by atoms with Crippen LogP contribution < -0.4 is 10.6 Å². The Bertz CT molecular complexity index is 1640. The highest BCUT2D eigenvalue weighted by molar-refractivity contribution is 5.99. The Labute approximate surface area is 259 Å². The van der Waals surface area contributed by atoms with Gasteiger partial charge in [0.05, 0.1) is 16.9 Å². The molecule has 2 bridgehead atoms. The third-order valence-electron chi connectivity index (χ3n) is 9.04. The Morgan fingerprint density at radius 3 is 2.23 bits per heavy atom. The molecule has 2 aliphatic heterocycles. The number of carbonyl (C=O) groups excluding carboxylic acids is 2. The molecule has 2 aromatic heterocycles. The van der Waals surface area contributed by atoms with E-state index in [1.54, 1.807) is 10.9 Å². The second-order valence-electron chi connectivity index (χ2n) is 13.5. The first-order valence-electron chi connectivity index (χ1n) is 15.6. The molecular formula is C36H42N6O2. The quantitative estimate of drug-likeness (QED) is 0.244. The molecule has 4 aromatic rings. The summed E-state index contributed by atoms with van der Waals surface area (Å²) in [6, 6.07) is 22.2. The van der Waals surface area contributed by atoms with Crippen molar-refractivity contribution in [3.05, 3.63) is 101 Å². The Balaban J connectivity index is 1.07. The fourth-order valence-electron chi connectivity index (χ4n) is 6.69. The molecule has 0 saturated carbocycles. The van der Waals surface area contributed by atoms with Gasteiger partial charge in [-0.1, -0.05) is 50.6 Å². The number of urea groups is 1. The average molecular weight is 591 g/mol. The van der Waals surface area contributed by atoms with Gasteiger partial charge in [0, 0.05) is 41.1 Å². The largest absolute Gasteiger partial charge is 0.333 e. The van der Waals surface area contributed by atoms with Crippen LogP contribution in [-0.4, -0.2) is 43.7 Å². The van der Waals surface area contributed by atoms with Gasteiger partial charge in [0.15, 0.2) is 0 Å². The molecule has 2 N–H and O–H groups in total. The number of pyridine rings is 1. The lowest BCUT2D eigenvalue weighted by atomic mass is 9.85. The summed E-state index contributed by atoms with van der Waals surface area (Å²) < 4.78 is 1.78. The molecule has 4 heterocycles. The van der Waals surface area contributed by atoms with Crippen molar-refractivity contribution in [1.29, 1.82) is 0 Å². The Morgan fingerprint density at radius 1 is 0.909 bits per heavy atom. The number of piperidine rings is 1. The highest BCUT2D eigenvalue weighted by atomic mass is 16.2. The molecule has 6 rings (SSSR count). The predicted octanol–water partition coefficient (Wildman–Crippen LogP) is 7.45. The lowest BCUT2D eigenvalue weighted by Crippen LogP contribution is -2.47. The molecule has 44 heavy (non-hydrogen) atoms. The van der Waals surface area contributed by atoms with Gasteiger partial charge in [-0.05, 0) is 93.8 Å². The first-order chi connectivity index (χ1) is 21.0. The standard InChI is InChI=1S/C36H42N6O2/c1-23-8-14-28(15-9-23)42-33(22-32(40-42)36(3,4)5)39-35(44)38-27-12-10-25(11-13-27)19-26-20-29-16-17-30(21-26)41(29)34(43)31-7-6-18-37-24(31)2/h6-15,18,22,26,29-30H,16-17,19-21H2,1-5H3,(H2,38,39,44). The number of amides is 3. The van der Waals surface area contributed by atoms with E-state index in [2.05, 4.69) is 53.4 Å². The van der Waals surface area contributed by atoms with Crippen LogP contribution in [-0.2, 0) is 11.8 Å². The number of aromatic nitrogens is 3. The lowest BCUT2D eigenvalue weighted by molar-refractivity contribution is 0.0523. The first-order valence-corrected chi connectivity index (χ1v) is 15.6. The number of anilines is 2. The van der Waals surface area contributed by atoms with Crippen molar-refractivity contribution in [2.45, 2.75) is 84.2 Å². The monoisotopic (exact) mass is 590 g/mol. The van der Waals surface area contributed by atoms with Gasteiger partial charge in [0.25, 0.3) is 5.91 Å². The van der Waals surface area contributed by atoms with E-state index in [4.69, 9.17) is 5.10 Å². The molecule has 2 aromatic carbocycles. The van der Waals surface area contributed by atoms with E-state index < -0.39 is 0 Å². The van der Waals surface area contributed by atoms with Crippen molar-refractivity contribution in [2.75, 3.05) is 10.6 Å². The number of nitrogens with zero attached hydrogens (tertiary/aromatic N) is 4. The van der Waals surface area contributed by atoms with Crippen molar-refractivity contribution < 1.29 is 9.59 Å². The van der Waals surface area contributed by atoms with E-state index >= 15 is 0 Å². The summed E-state index contributed by atoms with van der Waals surface area (Å²) in [5.74, 6) is 1.28. The fraction of sp³-hybridized carbons (Fsp3) is 0.389. The summed E-state index contributed by atoms with van der Waals surface area (Å²) in [6.45, 7) is 10.3. The number of nitrogens with one attached hydrogen (secondary N) is 2. The van der Waals surface area contributed by atoms with E-state index in [-0.39, 0.29) is 17.4 Å². The second-order valence-corrected chi connectivity index (χ2v) is 13.5. The fourth-order valence-corrected chi connectivity index (χ4v) is 6.69. The average Bonchev–Trinajstić information content (AvgIpc) is 3.53. The van der Waals surface area contributed by atoms with Crippen LogP contribution in [0.15, 0.2) is 72.9 Å². The molecule has 0 aliphatic carbocycles. The third kappa shape index (κ3) is 6.25. The van der Waals surface area contributed by atoms with Crippen molar-refractivity contribution >= 4 is 23.4 Å². The summed E-state index contributed by atoms with van der Waals surface area (Å²) in [4.78, 5) is 32.9. The van der Waals surface area contributed by atoms with Gasteiger partial charge in [-0.15, -0.1) is 0 Å². The number of hydrogen-bond donors (Lipinski definition) is 2. The zero-order valence-corrected chi connectivity index (χ0v) is 26.3. The normalized spacial score (nSPS) is 19.6. The molecule has 0 spiro atoms. The molecule has 2 saturated heterocycles. The minimum atomic E-state index is -0.316. The van der Waals surface area contributed by atoms with E-state index in [1.807, 2.05) is 68.4 Å². The molecular weight excluding hydrogens is 548 g/mol. The maximum absolute atomic E-state index is 13.4. The summed E-state index contributed by atoms with van der Waals surface area (Å²) in [5, 5.41) is 10.8. The number of fused-ring (bicyclic) bond motifs is 2. The van der Waals surface area contributed by atoms with Crippen LogP contribution in [0.1, 0.15) is 79.3 Å². The maximum atomic E-state index is 13.4. The Kier molecular flexibility index (Phi) is 8.01. The zero-order valence-electron chi connectivity index (χ0n) is 26.3. The van der Waals surface area contributed by atoms with Gasteiger partial charge >= 0.3 is 6.03 Å². The summed E-state index contributed by atoms with van der Waals surface area (Å²) in [6.07, 6.45) is 6.91. The topological polar surface area (TPSA) is 92.2 Å². The minimum absolute atomic E-state index is 0.131. The van der Waals surface area contributed by atoms with Gasteiger partial charge < -0.3 is 10.2 Å². The SMILES string of the molecule is Cc1ccc(-n2nc(C(C)(C)C)cc2NC(=O)Nc2ccc(CC3CC4CCC(C3)N4C(=O)c3cccnc3C)cc2)cc1. The van der Waals surface area contributed by atoms with Crippen molar-refractivity contribution in [3.63, 3.8) is 0 Å². The van der Waals surface area contributed by atoms with Crippen LogP contribution in [0, 0.1) is 19.8 Å². The number of carbonyl (C=O) groups is 2. The van der Waals surface area contributed by atoms with Crippen LogP contribution >= 0.6 is 0 Å². The van der Waals surface area contributed by atoms with Crippen LogP contribution in [0.2, 0.25) is 0 Å². The number of aryl methyl sites for hydroxylation is 2. The van der Waals surface area contributed by atoms with Gasteiger partial charge in [0.1, 0.15) is 5.82 Å². The van der Waals surface area contributed by atoms with Crippen LogP contribution in [0.5, 0.6) is 0 Å². The Hall–Kier alpha value is -4.46. The van der Waals surface area contributed by atoms with Crippen LogP contribution in [0.25, 0.3) is 5.69 Å². The maximum Gasteiger partial charge on any atom is 0.324 e. The third-order valence-corrected chi connectivity index (χ3v) is 9.04. The van der Waals surface area contributed by atoms with E-state index in [0.717, 1.165) is 66.0 Å². The van der Waals surface area contributed by atoms with Crippen molar-refractivity contribution in [2.24, 2.45) is 5.92 Å². The Morgan fingerprint density at radius 2 is 1.59 bits per heavy atom. The van der Waals surface area contributed by atoms with E-state index in [1.165, 1.54) is 5.56 Å². The molecule has 2 atom stereocenters. The molecule has 8 heteroatoms. The molecule has 8 nitrogen and oxygen atoms in total. The van der Waals surface area contributed by atoms with Gasteiger partial charge in [0.2, 0.25) is 0 Å². The molecule has 2 fully saturated rings. The molecule has 0 radical (unpaired) electrons. The summed E-state index contributed by atoms with van der Waals surface area (Å²) in [7, 11) is 0. The van der Waals surface area contributed by atoms with Gasteiger partial charge in [-0.2, -0.15) is 5.10 Å². The number of rotatable bonds is 6. The lowest BCUT2D eigenvalue weighted by Gasteiger charge is -2.39. The molecule has 2 unspecified atom stereocenters. The molecule has 3 amide bonds. The predicted molar refractivity (Wildman–Crippen MR) is 174 cm³/mol. The highest BCUT2D eigenvalue weighted by Gasteiger charge is 2.43. The van der Waals surface area contributed by atoms with Crippen LogP contribution in [0.3, 0.4) is 0 Å². The summed E-state index contributed by atoms with van der Waals surface area (Å²) >= 11 is 0. The summed E-state index contributed by atoms with van der Waals surface area (Å²) in [5.41, 5.74) is 6.29. The van der Waals surface area contributed by atoms with Crippen LogP contribution in [0.4, 0.5) is 16.3 Å². The smallest absolute Gasteiger partial charge is 0.324 e. The van der Waals surface area contributed by atoms with Crippen molar-refractivity contribution in [3.8, 4) is 5.69 Å². The van der Waals surface area contributed by atoms with E-state index in [0.29, 0.717) is 23.8 Å². The van der Waals surface area contributed by atoms with Gasteiger partial charge in [-0.25, -0.2) is 9.48 Å². The zero-order chi connectivity index (χ0) is 31.0. The van der Waals surface area contributed by atoms with E-state index in [9.17, 15) is 9.59 Å². The molecule has 228 valence electrons. The number of hydrogen-bond acceptors (Lipinski definition) is 4. The molecule has 2 aliphatic rings. The van der Waals surface area contributed by atoms with Gasteiger partial charge in [-0.3, -0.25) is 15.1 Å².